The van der Waals surface area contributed by atoms with Crippen molar-refractivity contribution in [3.8, 4) is 5.75 Å². The van der Waals surface area contributed by atoms with E-state index < -0.39 is 0 Å². The van der Waals surface area contributed by atoms with Crippen LogP contribution in [0.15, 0.2) is 12.1 Å². The van der Waals surface area contributed by atoms with E-state index in [2.05, 4.69) is 69.7 Å². The first-order valence-electron chi connectivity index (χ1n) is 7.93. The van der Waals surface area contributed by atoms with Crippen LogP contribution in [-0.4, -0.2) is 62.1 Å². The number of phenolic OH excluding ortho intramolecular Hbond substituents is 1. The van der Waals surface area contributed by atoms with Gasteiger partial charge in [-0.25, -0.2) is 0 Å². The van der Waals surface area contributed by atoms with Gasteiger partial charge >= 0.3 is 0 Å². The SMILES string of the molecule is CC(c1cc(C(C)N(C)C)c(C(C)N(C)C)cc1O)N(C)C. The third-order valence-corrected chi connectivity index (χ3v) is 4.91. The molecule has 1 aromatic rings. The summed E-state index contributed by atoms with van der Waals surface area (Å²) in [4.78, 5) is 6.51. The van der Waals surface area contributed by atoms with Crippen molar-refractivity contribution < 1.29 is 5.11 Å². The van der Waals surface area contributed by atoms with E-state index in [4.69, 9.17) is 0 Å². The van der Waals surface area contributed by atoms with Crippen molar-refractivity contribution in [2.24, 2.45) is 0 Å². The van der Waals surface area contributed by atoms with Gasteiger partial charge in [-0.3, -0.25) is 0 Å². The molecule has 4 nitrogen and oxygen atoms in total. The zero-order valence-corrected chi connectivity index (χ0v) is 15.7. The zero-order valence-electron chi connectivity index (χ0n) is 15.7. The van der Waals surface area contributed by atoms with Gasteiger partial charge in [-0.1, -0.05) is 0 Å². The van der Waals surface area contributed by atoms with Crippen LogP contribution in [0.1, 0.15) is 55.6 Å². The molecule has 0 spiro atoms. The van der Waals surface area contributed by atoms with Gasteiger partial charge in [-0.05, 0) is 86.3 Å². The Morgan fingerprint density at radius 2 is 0.955 bits per heavy atom. The quantitative estimate of drug-likeness (QED) is 0.874. The van der Waals surface area contributed by atoms with E-state index in [-0.39, 0.29) is 12.1 Å². The van der Waals surface area contributed by atoms with E-state index in [0.29, 0.717) is 11.8 Å². The first kappa shape index (κ1) is 18.9. The van der Waals surface area contributed by atoms with Crippen LogP contribution >= 0.6 is 0 Å². The Labute approximate surface area is 136 Å². The molecule has 1 aromatic carbocycles. The number of phenols is 1. The summed E-state index contributed by atoms with van der Waals surface area (Å²) in [5, 5.41) is 10.5. The van der Waals surface area contributed by atoms with Crippen molar-refractivity contribution in [1.82, 2.24) is 14.7 Å². The van der Waals surface area contributed by atoms with Crippen molar-refractivity contribution in [2.75, 3.05) is 42.3 Å². The number of hydrogen-bond donors (Lipinski definition) is 1. The average Bonchev–Trinajstić information content (AvgIpc) is 2.44. The van der Waals surface area contributed by atoms with Crippen LogP contribution in [0.25, 0.3) is 0 Å². The van der Waals surface area contributed by atoms with Crippen molar-refractivity contribution in [3.05, 3.63) is 28.8 Å². The molecule has 4 heteroatoms. The van der Waals surface area contributed by atoms with Crippen LogP contribution in [0.5, 0.6) is 5.75 Å². The summed E-state index contributed by atoms with van der Waals surface area (Å²) in [6.45, 7) is 6.51. The van der Waals surface area contributed by atoms with E-state index in [0.717, 1.165) is 5.56 Å². The normalized spacial score (nSPS) is 16.4. The second kappa shape index (κ2) is 7.44. The number of nitrogens with zero attached hydrogens (tertiary/aromatic N) is 3. The van der Waals surface area contributed by atoms with E-state index in [1.807, 2.05) is 20.2 Å². The highest BCUT2D eigenvalue weighted by atomic mass is 16.3. The van der Waals surface area contributed by atoms with Gasteiger partial charge in [0.2, 0.25) is 0 Å². The second-order valence-corrected chi connectivity index (χ2v) is 6.96. The average molecular weight is 307 g/mol. The van der Waals surface area contributed by atoms with Crippen molar-refractivity contribution in [2.45, 2.75) is 38.9 Å². The maximum absolute atomic E-state index is 10.5. The second-order valence-electron chi connectivity index (χ2n) is 6.96. The summed E-state index contributed by atoms with van der Waals surface area (Å²) in [6.07, 6.45) is 0. The molecule has 0 heterocycles. The summed E-state index contributed by atoms with van der Waals surface area (Å²) in [7, 11) is 12.4. The van der Waals surface area contributed by atoms with Gasteiger partial charge in [0.05, 0.1) is 0 Å². The minimum Gasteiger partial charge on any atom is -0.508 e. The Hall–Kier alpha value is -1.10. The molecule has 0 aliphatic heterocycles. The van der Waals surface area contributed by atoms with Crippen LogP contribution in [0, 0.1) is 0 Å². The van der Waals surface area contributed by atoms with Crippen LogP contribution in [-0.2, 0) is 0 Å². The molecule has 1 rings (SSSR count). The molecule has 0 saturated carbocycles. The van der Waals surface area contributed by atoms with Gasteiger partial charge < -0.3 is 19.8 Å². The molecular formula is C18H33N3O. The number of benzene rings is 1. The first-order valence-corrected chi connectivity index (χ1v) is 7.93. The summed E-state index contributed by atoms with van der Waals surface area (Å²) in [5.41, 5.74) is 3.47. The molecule has 126 valence electrons. The summed E-state index contributed by atoms with van der Waals surface area (Å²) in [6, 6.07) is 4.87. The molecule has 1 N–H and O–H groups in total. The largest absolute Gasteiger partial charge is 0.508 e. The number of aromatic hydroxyl groups is 1. The Kier molecular flexibility index (Phi) is 6.41. The third-order valence-electron chi connectivity index (χ3n) is 4.91. The molecule has 0 amide bonds. The van der Waals surface area contributed by atoms with Gasteiger partial charge in [-0.15, -0.1) is 0 Å². The van der Waals surface area contributed by atoms with Gasteiger partial charge in [-0.2, -0.15) is 0 Å². The molecule has 0 aromatic heterocycles. The standard InChI is InChI=1S/C18H33N3O/c1-12(19(4)5)15-10-17(14(3)21(8)9)18(22)11-16(15)13(2)20(6)7/h10-14,22H,1-9H3. The lowest BCUT2D eigenvalue weighted by atomic mass is 9.91. The molecule has 3 unspecified atom stereocenters. The maximum atomic E-state index is 10.5. The Morgan fingerprint density at radius 1 is 0.636 bits per heavy atom. The monoisotopic (exact) mass is 307 g/mol. The molecule has 0 aliphatic rings. The van der Waals surface area contributed by atoms with Crippen LogP contribution in [0.4, 0.5) is 0 Å². The van der Waals surface area contributed by atoms with Gasteiger partial charge in [0, 0.05) is 23.7 Å². The lowest BCUT2D eigenvalue weighted by Crippen LogP contribution is -2.24. The molecule has 0 radical (unpaired) electrons. The van der Waals surface area contributed by atoms with E-state index in [1.54, 1.807) is 0 Å². The Bertz CT molecular complexity index is 497. The number of hydrogen-bond acceptors (Lipinski definition) is 4. The highest BCUT2D eigenvalue weighted by Gasteiger charge is 2.23. The fourth-order valence-corrected chi connectivity index (χ4v) is 2.53. The Morgan fingerprint density at radius 3 is 1.32 bits per heavy atom. The summed E-state index contributed by atoms with van der Waals surface area (Å²) in [5.74, 6) is 0.389. The van der Waals surface area contributed by atoms with Gasteiger partial charge in [0.25, 0.3) is 0 Å². The van der Waals surface area contributed by atoms with E-state index in [1.165, 1.54) is 11.1 Å². The molecule has 0 aliphatic carbocycles. The van der Waals surface area contributed by atoms with Gasteiger partial charge in [0.1, 0.15) is 5.75 Å². The highest BCUT2D eigenvalue weighted by Crippen LogP contribution is 2.37. The highest BCUT2D eigenvalue weighted by molar-refractivity contribution is 5.46. The fraction of sp³-hybridized carbons (Fsp3) is 0.667. The number of rotatable bonds is 6. The van der Waals surface area contributed by atoms with Crippen molar-refractivity contribution in [3.63, 3.8) is 0 Å². The van der Waals surface area contributed by atoms with Crippen molar-refractivity contribution in [1.29, 1.82) is 0 Å². The maximum Gasteiger partial charge on any atom is 0.120 e. The fourth-order valence-electron chi connectivity index (χ4n) is 2.53. The minimum atomic E-state index is 0.178. The predicted molar refractivity (Wildman–Crippen MR) is 94.4 cm³/mol. The summed E-state index contributed by atoms with van der Waals surface area (Å²) >= 11 is 0. The first-order chi connectivity index (χ1) is 10.1. The minimum absolute atomic E-state index is 0.178. The lowest BCUT2D eigenvalue weighted by molar-refractivity contribution is 0.290. The molecule has 3 atom stereocenters. The van der Waals surface area contributed by atoms with E-state index >= 15 is 0 Å². The predicted octanol–water partition coefficient (Wildman–Crippen LogP) is 3.26. The van der Waals surface area contributed by atoms with E-state index in [9.17, 15) is 5.11 Å². The summed E-state index contributed by atoms with van der Waals surface area (Å²) < 4.78 is 0. The smallest absolute Gasteiger partial charge is 0.120 e. The van der Waals surface area contributed by atoms with Crippen LogP contribution in [0.2, 0.25) is 0 Å². The Balaban J connectivity index is 3.48. The third kappa shape index (κ3) is 4.00. The van der Waals surface area contributed by atoms with Crippen molar-refractivity contribution >= 4 is 0 Å². The topological polar surface area (TPSA) is 30.0 Å². The molecule has 0 fully saturated rings. The molecule has 0 bridgehead atoms. The molecular weight excluding hydrogens is 274 g/mol. The molecule has 22 heavy (non-hydrogen) atoms. The molecule has 0 saturated heterocycles. The lowest BCUT2D eigenvalue weighted by Gasteiger charge is -2.31. The van der Waals surface area contributed by atoms with Crippen LogP contribution < -0.4 is 0 Å². The zero-order chi connectivity index (χ0) is 17.2. The van der Waals surface area contributed by atoms with Gasteiger partial charge in [0.15, 0.2) is 0 Å². The van der Waals surface area contributed by atoms with Crippen LogP contribution in [0.3, 0.4) is 0 Å².